The highest BCUT2D eigenvalue weighted by Gasteiger charge is 2.33. The molecule has 0 aliphatic carbocycles. The molecule has 0 spiro atoms. The Morgan fingerprint density at radius 3 is 2.69 bits per heavy atom. The number of likely N-dealkylation sites (N-methyl/N-ethyl adjacent to an activating group) is 1. The highest BCUT2D eigenvalue weighted by molar-refractivity contribution is 7.92. The van der Waals surface area contributed by atoms with E-state index < -0.39 is 16.1 Å². The lowest BCUT2D eigenvalue weighted by molar-refractivity contribution is 0.0363. The van der Waals surface area contributed by atoms with Gasteiger partial charge in [0.1, 0.15) is 11.9 Å². The number of rotatable bonds is 7. The number of aryl methyl sites for hydroxylation is 1. The summed E-state index contributed by atoms with van der Waals surface area (Å²) >= 11 is 0. The molecular formula is C21H31N5O5S. The first-order valence-electron chi connectivity index (χ1n) is 10.4. The lowest BCUT2D eigenvalue weighted by Gasteiger charge is -2.37. The number of aliphatic hydroxyl groups excluding tert-OH is 1. The number of carbonyl (C=O) groups is 1. The lowest BCUT2D eigenvalue weighted by atomic mass is 9.99. The van der Waals surface area contributed by atoms with E-state index in [1.165, 1.54) is 23.2 Å². The van der Waals surface area contributed by atoms with Gasteiger partial charge in [0.25, 0.3) is 15.9 Å². The molecule has 3 rings (SSSR count). The molecule has 1 aromatic heterocycles. The Kier molecular flexibility index (Phi) is 7.11. The minimum Gasteiger partial charge on any atom is -0.488 e. The van der Waals surface area contributed by atoms with Gasteiger partial charge in [-0.15, -0.1) is 0 Å². The Labute approximate surface area is 188 Å². The third-order valence-electron chi connectivity index (χ3n) is 5.42. The molecule has 32 heavy (non-hydrogen) atoms. The van der Waals surface area contributed by atoms with Gasteiger partial charge >= 0.3 is 0 Å². The van der Waals surface area contributed by atoms with Crippen molar-refractivity contribution < 1.29 is 23.1 Å². The van der Waals surface area contributed by atoms with Gasteiger partial charge in [-0.1, -0.05) is 6.92 Å². The molecule has 0 saturated heterocycles. The number of nitrogens with zero attached hydrogens (tertiary/aromatic N) is 4. The first-order valence-corrected chi connectivity index (χ1v) is 11.9. The van der Waals surface area contributed by atoms with E-state index in [0.29, 0.717) is 18.8 Å². The van der Waals surface area contributed by atoms with Crippen molar-refractivity contribution in [3.63, 3.8) is 0 Å². The van der Waals surface area contributed by atoms with Crippen LogP contribution in [0.2, 0.25) is 0 Å². The van der Waals surface area contributed by atoms with Gasteiger partial charge in [-0.05, 0) is 39.2 Å². The van der Waals surface area contributed by atoms with Crippen LogP contribution in [0.15, 0.2) is 35.7 Å². The van der Waals surface area contributed by atoms with Crippen molar-refractivity contribution in [1.29, 1.82) is 0 Å². The predicted octanol–water partition coefficient (Wildman–Crippen LogP) is 1.00. The monoisotopic (exact) mass is 465 g/mol. The number of fused-ring (bicyclic) bond motifs is 1. The summed E-state index contributed by atoms with van der Waals surface area (Å²) < 4.78 is 35.6. The fraction of sp³-hybridized carbons (Fsp3) is 0.524. The molecule has 10 nitrogen and oxygen atoms in total. The van der Waals surface area contributed by atoms with E-state index in [9.17, 15) is 18.3 Å². The summed E-state index contributed by atoms with van der Waals surface area (Å²) in [7, 11) is 1.66. The summed E-state index contributed by atoms with van der Waals surface area (Å²) in [5.74, 6) is 0.0748. The number of amides is 1. The lowest BCUT2D eigenvalue weighted by Crippen LogP contribution is -2.49. The van der Waals surface area contributed by atoms with Gasteiger partial charge in [0.05, 0.1) is 24.5 Å². The van der Waals surface area contributed by atoms with Gasteiger partial charge < -0.3 is 24.2 Å². The highest BCUT2D eigenvalue weighted by Crippen LogP contribution is 2.31. The number of imidazole rings is 1. The van der Waals surface area contributed by atoms with Crippen molar-refractivity contribution in [2.75, 3.05) is 38.5 Å². The molecule has 1 aliphatic heterocycles. The summed E-state index contributed by atoms with van der Waals surface area (Å²) in [5, 5.41) is 9.59. The first kappa shape index (κ1) is 24.0. The normalized spacial score (nSPS) is 20.3. The van der Waals surface area contributed by atoms with Gasteiger partial charge in [-0.25, -0.2) is 4.98 Å². The van der Waals surface area contributed by atoms with Gasteiger partial charge in [-0.3, -0.25) is 9.52 Å². The molecule has 1 amide bonds. The van der Waals surface area contributed by atoms with E-state index in [1.54, 1.807) is 31.0 Å². The number of carbonyl (C=O) groups excluding carboxylic acids is 1. The van der Waals surface area contributed by atoms with E-state index in [-0.39, 0.29) is 40.8 Å². The van der Waals surface area contributed by atoms with Gasteiger partial charge in [0.15, 0.2) is 5.03 Å². The van der Waals surface area contributed by atoms with Crippen LogP contribution in [0.1, 0.15) is 24.2 Å². The number of hydrogen-bond donors (Lipinski definition) is 2. The molecule has 2 heterocycles. The molecule has 3 atom stereocenters. The second kappa shape index (κ2) is 9.47. The maximum absolute atomic E-state index is 13.4. The van der Waals surface area contributed by atoms with Crippen molar-refractivity contribution >= 4 is 21.6 Å². The van der Waals surface area contributed by atoms with E-state index in [0.717, 1.165) is 0 Å². The van der Waals surface area contributed by atoms with Crippen LogP contribution in [0, 0.1) is 5.92 Å². The third-order valence-corrected chi connectivity index (χ3v) is 6.68. The Bertz CT molecular complexity index is 1070. The molecule has 0 unspecified atom stereocenters. The zero-order valence-corrected chi connectivity index (χ0v) is 19.8. The largest absolute Gasteiger partial charge is 0.488 e. The van der Waals surface area contributed by atoms with Crippen LogP contribution < -0.4 is 9.46 Å². The Morgan fingerprint density at radius 1 is 1.38 bits per heavy atom. The van der Waals surface area contributed by atoms with E-state index in [4.69, 9.17) is 4.74 Å². The molecule has 176 valence electrons. The van der Waals surface area contributed by atoms with Crippen molar-refractivity contribution in [3.05, 3.63) is 36.3 Å². The molecular weight excluding hydrogens is 434 g/mol. The number of ether oxygens (including phenoxy) is 1. The minimum absolute atomic E-state index is 0.0193. The van der Waals surface area contributed by atoms with E-state index >= 15 is 0 Å². The fourth-order valence-corrected chi connectivity index (χ4v) is 4.63. The van der Waals surface area contributed by atoms with Gasteiger partial charge in [-0.2, -0.15) is 8.42 Å². The second-order valence-electron chi connectivity index (χ2n) is 8.58. The quantitative estimate of drug-likeness (QED) is 0.627. The summed E-state index contributed by atoms with van der Waals surface area (Å²) in [6, 6.07) is 4.24. The van der Waals surface area contributed by atoms with Crippen LogP contribution in [0.3, 0.4) is 0 Å². The van der Waals surface area contributed by atoms with Gasteiger partial charge in [0.2, 0.25) is 0 Å². The summed E-state index contributed by atoms with van der Waals surface area (Å²) in [6.45, 7) is 4.66. The summed E-state index contributed by atoms with van der Waals surface area (Å²) in [6.07, 6.45) is 2.59. The van der Waals surface area contributed by atoms with Crippen LogP contribution in [0.5, 0.6) is 5.75 Å². The van der Waals surface area contributed by atoms with Crippen molar-refractivity contribution in [1.82, 2.24) is 19.4 Å². The second-order valence-corrected chi connectivity index (χ2v) is 10.2. The number of aliphatic hydroxyl groups is 1. The molecule has 1 aromatic carbocycles. The Balaban J connectivity index is 2.00. The number of aromatic nitrogens is 2. The average Bonchev–Trinajstić information content (AvgIpc) is 3.17. The number of hydrogen-bond acceptors (Lipinski definition) is 7. The van der Waals surface area contributed by atoms with Crippen LogP contribution in [-0.2, 0) is 17.1 Å². The fourth-order valence-electron chi connectivity index (χ4n) is 3.60. The van der Waals surface area contributed by atoms with Crippen LogP contribution in [0.25, 0.3) is 0 Å². The maximum Gasteiger partial charge on any atom is 0.280 e. The average molecular weight is 466 g/mol. The number of benzene rings is 1. The van der Waals surface area contributed by atoms with Gasteiger partial charge in [0, 0.05) is 37.9 Å². The Hall–Kier alpha value is -2.63. The molecule has 0 saturated carbocycles. The van der Waals surface area contributed by atoms with Crippen molar-refractivity contribution in [2.24, 2.45) is 13.0 Å². The van der Waals surface area contributed by atoms with Crippen LogP contribution in [0.4, 0.5) is 5.69 Å². The summed E-state index contributed by atoms with van der Waals surface area (Å²) in [4.78, 5) is 20.9. The number of anilines is 1. The number of nitrogens with one attached hydrogen (secondary N) is 1. The summed E-state index contributed by atoms with van der Waals surface area (Å²) in [5.41, 5.74) is 0.461. The highest BCUT2D eigenvalue weighted by atomic mass is 32.2. The molecule has 0 bridgehead atoms. The van der Waals surface area contributed by atoms with Crippen LogP contribution in [-0.4, -0.2) is 84.7 Å². The molecule has 0 radical (unpaired) electrons. The Morgan fingerprint density at radius 2 is 2.09 bits per heavy atom. The van der Waals surface area contributed by atoms with E-state index in [1.807, 2.05) is 25.9 Å². The molecule has 2 aromatic rings. The smallest absolute Gasteiger partial charge is 0.280 e. The maximum atomic E-state index is 13.4. The standard InChI is InChI=1S/C21H31N5O5S/c1-14-9-26(15(2)12-27)21(28)17-8-16(6-7-18(17)31-19(14)10-24(3)4)23-32(29,30)20-11-25(5)13-22-20/h6-8,11,13-15,19,23,27H,9-10,12H2,1-5H3/t14-,15+,19-/m0/s1. The van der Waals surface area contributed by atoms with Crippen molar-refractivity contribution in [2.45, 2.75) is 31.0 Å². The SMILES string of the molecule is C[C@H](CO)N1C[C@H](C)[C@H](CN(C)C)Oc2ccc(NS(=O)(=O)c3cn(C)cn3)cc2C1=O. The first-order chi connectivity index (χ1) is 15.0. The molecule has 1 aliphatic rings. The van der Waals surface area contributed by atoms with Crippen LogP contribution >= 0.6 is 0 Å². The zero-order chi connectivity index (χ0) is 23.6. The number of sulfonamides is 1. The van der Waals surface area contributed by atoms with E-state index in [2.05, 4.69) is 9.71 Å². The third kappa shape index (κ3) is 5.22. The predicted molar refractivity (Wildman–Crippen MR) is 120 cm³/mol. The topological polar surface area (TPSA) is 117 Å². The minimum atomic E-state index is -3.92. The van der Waals surface area contributed by atoms with Crippen molar-refractivity contribution in [3.8, 4) is 5.75 Å². The molecule has 11 heteroatoms. The molecule has 2 N–H and O–H groups in total. The zero-order valence-electron chi connectivity index (χ0n) is 19.0. The molecule has 0 fully saturated rings.